The van der Waals surface area contributed by atoms with Crippen molar-refractivity contribution in [2.45, 2.75) is 59.7 Å². The van der Waals surface area contributed by atoms with Gasteiger partial charge < -0.3 is 19.3 Å². The number of hydrogen-bond donors (Lipinski definition) is 1. The Kier molecular flexibility index (Phi) is 9.10. The van der Waals surface area contributed by atoms with Crippen LogP contribution in [-0.2, 0) is 26.4 Å². The fraction of sp³-hybridized carbons (Fsp3) is 0.464. The van der Waals surface area contributed by atoms with Gasteiger partial charge in [-0.15, -0.1) is 11.3 Å². The van der Waals surface area contributed by atoms with Gasteiger partial charge in [0.2, 0.25) is 0 Å². The largest absolute Gasteiger partial charge is 0.496 e. The molecule has 0 amide bonds. The van der Waals surface area contributed by atoms with Crippen LogP contribution in [0, 0.1) is 29.5 Å². The third kappa shape index (κ3) is 6.03. The van der Waals surface area contributed by atoms with Gasteiger partial charge in [0.1, 0.15) is 32.9 Å². The van der Waals surface area contributed by atoms with Crippen molar-refractivity contribution in [3.05, 3.63) is 60.9 Å². The standard InChI is InChI=1S/C28H32FN3O8S/c1-8-39-24(34)21-15(2)20-22(33)32(28(5,6)25(35)36)26(37)31(23(20)41-21)12-19(40-14-27(3,4)13-30)17-11-16(29)9-10-18(17)38-7/h9-11,19H,8,12,14H2,1-7H3,(H,35,36)/t19-/m0/s1. The molecule has 13 heteroatoms. The number of ether oxygens (including phenoxy) is 3. The number of nitriles is 1. The minimum absolute atomic E-state index is 0.0331. The molecule has 0 unspecified atom stereocenters. The van der Waals surface area contributed by atoms with E-state index in [0.29, 0.717) is 4.57 Å². The van der Waals surface area contributed by atoms with Crippen LogP contribution in [0.4, 0.5) is 4.39 Å². The highest BCUT2D eigenvalue weighted by Crippen LogP contribution is 2.34. The smallest absolute Gasteiger partial charge is 0.348 e. The molecule has 41 heavy (non-hydrogen) atoms. The van der Waals surface area contributed by atoms with Crippen LogP contribution in [0.2, 0.25) is 0 Å². The molecule has 1 aromatic carbocycles. The molecule has 220 valence electrons. The lowest BCUT2D eigenvalue weighted by Crippen LogP contribution is -2.52. The Morgan fingerprint density at radius 3 is 2.44 bits per heavy atom. The number of carboxylic acids is 1. The van der Waals surface area contributed by atoms with Gasteiger partial charge in [-0.25, -0.2) is 23.3 Å². The van der Waals surface area contributed by atoms with Crippen molar-refractivity contribution in [2.75, 3.05) is 20.3 Å². The second-order valence-corrected chi connectivity index (χ2v) is 11.5. The summed E-state index contributed by atoms with van der Waals surface area (Å²) in [6.45, 7) is 8.44. The first-order chi connectivity index (χ1) is 19.1. The van der Waals surface area contributed by atoms with E-state index in [1.807, 2.05) is 0 Å². The number of rotatable bonds is 11. The van der Waals surface area contributed by atoms with E-state index in [9.17, 15) is 33.9 Å². The number of halogens is 1. The number of thiophene rings is 1. The van der Waals surface area contributed by atoms with Gasteiger partial charge in [0.05, 0.1) is 43.7 Å². The van der Waals surface area contributed by atoms with Gasteiger partial charge in [0.15, 0.2) is 0 Å². The van der Waals surface area contributed by atoms with Crippen LogP contribution in [0.15, 0.2) is 27.8 Å². The van der Waals surface area contributed by atoms with Crippen molar-refractivity contribution in [1.29, 1.82) is 5.26 Å². The van der Waals surface area contributed by atoms with Gasteiger partial charge in [0.25, 0.3) is 5.56 Å². The van der Waals surface area contributed by atoms with E-state index in [-0.39, 0.29) is 51.7 Å². The number of hydrogen-bond acceptors (Lipinski definition) is 9. The van der Waals surface area contributed by atoms with Crippen molar-refractivity contribution < 1.29 is 33.3 Å². The molecule has 3 rings (SSSR count). The summed E-state index contributed by atoms with van der Waals surface area (Å²) < 4.78 is 32.8. The number of esters is 1. The molecule has 0 spiro atoms. The van der Waals surface area contributed by atoms with E-state index in [1.54, 1.807) is 20.8 Å². The number of nitrogens with zero attached hydrogens (tertiary/aromatic N) is 3. The summed E-state index contributed by atoms with van der Waals surface area (Å²) in [5, 5.41) is 19.4. The number of benzene rings is 1. The molecule has 0 aliphatic heterocycles. The highest BCUT2D eigenvalue weighted by molar-refractivity contribution is 7.20. The minimum atomic E-state index is -1.97. The third-order valence-electron chi connectivity index (χ3n) is 6.59. The molecule has 11 nitrogen and oxygen atoms in total. The predicted octanol–water partition coefficient (Wildman–Crippen LogP) is 3.98. The van der Waals surface area contributed by atoms with Crippen LogP contribution in [-0.4, -0.2) is 46.5 Å². The summed E-state index contributed by atoms with van der Waals surface area (Å²) >= 11 is 0.847. The highest BCUT2D eigenvalue weighted by atomic mass is 32.1. The van der Waals surface area contributed by atoms with Crippen LogP contribution in [0.5, 0.6) is 5.75 Å². The lowest BCUT2D eigenvalue weighted by atomic mass is 9.97. The average Bonchev–Trinajstić information content (AvgIpc) is 3.25. The molecule has 3 aromatic rings. The summed E-state index contributed by atoms with van der Waals surface area (Å²) in [7, 11) is 1.38. The Morgan fingerprint density at radius 1 is 1.22 bits per heavy atom. The molecule has 2 heterocycles. The van der Waals surface area contributed by atoms with Crippen molar-refractivity contribution in [2.24, 2.45) is 5.41 Å². The van der Waals surface area contributed by atoms with Crippen molar-refractivity contribution in [1.82, 2.24) is 9.13 Å². The topological polar surface area (TPSA) is 150 Å². The summed E-state index contributed by atoms with van der Waals surface area (Å²) in [5.74, 6) is -2.51. The van der Waals surface area contributed by atoms with E-state index in [2.05, 4.69) is 6.07 Å². The summed E-state index contributed by atoms with van der Waals surface area (Å²) in [4.78, 5) is 52.7. The number of methoxy groups -OCH3 is 1. The van der Waals surface area contributed by atoms with Crippen LogP contribution in [0.3, 0.4) is 0 Å². The number of aliphatic carboxylic acids is 1. The Morgan fingerprint density at radius 2 is 1.88 bits per heavy atom. The summed E-state index contributed by atoms with van der Waals surface area (Å²) in [5.41, 5.74) is -4.35. The molecule has 1 N–H and O–H groups in total. The fourth-order valence-corrected chi connectivity index (χ4v) is 5.39. The van der Waals surface area contributed by atoms with Crippen LogP contribution in [0.1, 0.15) is 61.5 Å². The van der Waals surface area contributed by atoms with Crippen LogP contribution < -0.4 is 16.0 Å². The summed E-state index contributed by atoms with van der Waals surface area (Å²) in [6, 6.07) is 5.86. The number of aryl methyl sites for hydroxylation is 1. The Labute approximate surface area is 239 Å². The molecule has 0 saturated carbocycles. The van der Waals surface area contributed by atoms with Crippen LogP contribution in [0.25, 0.3) is 10.2 Å². The molecule has 1 atom stereocenters. The second kappa shape index (κ2) is 11.8. The predicted molar refractivity (Wildman–Crippen MR) is 149 cm³/mol. The Hall–Kier alpha value is -4.02. The molecule has 0 saturated heterocycles. The number of carbonyl (C=O) groups is 2. The van der Waals surface area contributed by atoms with Crippen molar-refractivity contribution in [3.8, 4) is 11.8 Å². The number of aromatic nitrogens is 2. The zero-order chi connectivity index (χ0) is 30.9. The van der Waals surface area contributed by atoms with E-state index >= 15 is 0 Å². The fourth-order valence-electron chi connectivity index (χ4n) is 4.19. The van der Waals surface area contributed by atoms with Gasteiger partial charge >= 0.3 is 17.6 Å². The number of fused-ring (bicyclic) bond motifs is 1. The van der Waals surface area contributed by atoms with Gasteiger partial charge in [-0.2, -0.15) is 5.26 Å². The lowest BCUT2D eigenvalue weighted by molar-refractivity contribution is -0.146. The first-order valence-corrected chi connectivity index (χ1v) is 13.5. The van der Waals surface area contributed by atoms with Gasteiger partial charge in [-0.1, -0.05) is 0 Å². The number of carbonyl (C=O) groups excluding carboxylic acids is 1. The Bertz CT molecular complexity index is 1660. The first-order valence-electron chi connectivity index (χ1n) is 12.7. The zero-order valence-electron chi connectivity index (χ0n) is 23.9. The maximum absolute atomic E-state index is 14.4. The molecule has 0 bridgehead atoms. The first kappa shape index (κ1) is 31.5. The summed E-state index contributed by atoms with van der Waals surface area (Å²) in [6.07, 6.45) is -1.10. The zero-order valence-corrected chi connectivity index (χ0v) is 24.7. The quantitative estimate of drug-likeness (QED) is 0.328. The normalized spacial score (nSPS) is 12.7. The Balaban J connectivity index is 2.41. The minimum Gasteiger partial charge on any atom is -0.496 e. The van der Waals surface area contributed by atoms with Gasteiger partial charge in [0, 0.05) is 5.56 Å². The van der Waals surface area contributed by atoms with Crippen LogP contribution >= 0.6 is 11.3 Å². The number of carboxylic acid groups (broad SMARTS) is 1. The van der Waals surface area contributed by atoms with Gasteiger partial charge in [-0.3, -0.25) is 9.36 Å². The molecular formula is C28H32FN3O8S. The SMILES string of the molecule is CCOC(=O)c1sc2c(c1C)c(=O)n(C(C)(C)C(=O)O)c(=O)n2C[C@H](OCC(C)(C)C#N)c1cc(F)ccc1OC. The molecule has 0 aliphatic rings. The van der Waals surface area contributed by atoms with Gasteiger partial charge in [-0.05, 0) is 65.3 Å². The molecule has 0 radical (unpaired) electrons. The molecule has 0 aliphatic carbocycles. The third-order valence-corrected chi connectivity index (χ3v) is 7.89. The average molecular weight is 590 g/mol. The molecular weight excluding hydrogens is 557 g/mol. The highest BCUT2D eigenvalue weighted by Gasteiger charge is 2.36. The molecule has 0 fully saturated rings. The van der Waals surface area contributed by atoms with E-state index in [1.165, 1.54) is 46.1 Å². The van der Waals surface area contributed by atoms with E-state index in [4.69, 9.17) is 14.2 Å². The second-order valence-electron chi connectivity index (χ2n) is 10.5. The monoisotopic (exact) mass is 589 g/mol. The van der Waals surface area contributed by atoms with E-state index < -0.39 is 46.1 Å². The van der Waals surface area contributed by atoms with Crippen molar-refractivity contribution in [3.63, 3.8) is 0 Å². The maximum Gasteiger partial charge on any atom is 0.348 e. The maximum atomic E-state index is 14.4. The van der Waals surface area contributed by atoms with Crippen molar-refractivity contribution >= 4 is 33.5 Å². The molecule has 2 aromatic heterocycles. The van der Waals surface area contributed by atoms with E-state index in [0.717, 1.165) is 15.9 Å². The lowest BCUT2D eigenvalue weighted by Gasteiger charge is -2.27.